The minimum absolute atomic E-state index is 0.507. The first-order valence-electron chi connectivity index (χ1n) is 4.20. The van der Waals surface area contributed by atoms with Crippen LogP contribution in [-0.2, 0) is 4.79 Å². The second-order valence-corrected chi connectivity index (χ2v) is 4.50. The number of hydrogen-bond acceptors (Lipinski definition) is 2. The molecule has 1 rings (SSSR count). The Kier molecular flexibility index (Phi) is 3.20. The fourth-order valence-electron chi connectivity index (χ4n) is 1.42. The normalized spacial score (nSPS) is 29.8. The third kappa shape index (κ3) is 1.83. The summed E-state index contributed by atoms with van der Waals surface area (Å²) in [4.78, 5) is 11.0. The molecule has 0 radical (unpaired) electrons. The van der Waals surface area contributed by atoms with Gasteiger partial charge in [-0.2, -0.15) is 0 Å². The summed E-state index contributed by atoms with van der Waals surface area (Å²) >= 11 is 1.59. The summed E-state index contributed by atoms with van der Waals surface area (Å²) in [6.45, 7) is 1.93. The summed E-state index contributed by atoms with van der Waals surface area (Å²) in [6.07, 6.45) is 6.39. The van der Waals surface area contributed by atoms with E-state index in [0.29, 0.717) is 6.42 Å². The number of thioether (sulfide) groups is 1. The van der Waals surface area contributed by atoms with Crippen LogP contribution in [0, 0.1) is 0 Å². The summed E-state index contributed by atoms with van der Waals surface area (Å²) in [5.74, 6) is 0.340. The summed E-state index contributed by atoms with van der Waals surface area (Å²) in [7, 11) is 0. The van der Waals surface area contributed by atoms with Crippen molar-refractivity contribution in [3.8, 4) is 0 Å². The van der Waals surface area contributed by atoms with Crippen LogP contribution in [0.5, 0.6) is 0 Å². The second-order valence-electron chi connectivity index (χ2n) is 3.02. The van der Waals surface area contributed by atoms with Crippen LogP contribution in [0.15, 0.2) is 12.2 Å². The molecule has 0 aromatic rings. The van der Waals surface area contributed by atoms with E-state index in [2.05, 4.69) is 0 Å². The van der Waals surface area contributed by atoms with Gasteiger partial charge in [0.15, 0.2) is 0 Å². The van der Waals surface area contributed by atoms with E-state index in [1.807, 2.05) is 19.1 Å². The number of carboxylic acid groups (broad SMARTS) is 1. The van der Waals surface area contributed by atoms with E-state index in [-0.39, 0.29) is 0 Å². The third-order valence-corrected chi connectivity index (χ3v) is 3.77. The molecular formula is C9H14O2S. The minimum Gasteiger partial charge on any atom is -0.480 e. The monoisotopic (exact) mass is 186 g/mol. The van der Waals surface area contributed by atoms with E-state index in [1.165, 1.54) is 0 Å². The van der Waals surface area contributed by atoms with Gasteiger partial charge in [0, 0.05) is 0 Å². The Bertz CT molecular complexity index is 193. The van der Waals surface area contributed by atoms with Crippen molar-refractivity contribution in [2.24, 2.45) is 0 Å². The first-order valence-corrected chi connectivity index (χ1v) is 5.18. The van der Waals surface area contributed by atoms with Crippen LogP contribution < -0.4 is 0 Å². The molecule has 1 heterocycles. The highest BCUT2D eigenvalue weighted by molar-refractivity contribution is 8.01. The van der Waals surface area contributed by atoms with Gasteiger partial charge in [-0.3, -0.25) is 4.79 Å². The highest BCUT2D eigenvalue weighted by Crippen LogP contribution is 2.41. The number of aliphatic carboxylic acids is 1. The molecule has 2 nitrogen and oxygen atoms in total. The SMILES string of the molecule is C/C=C/CC1(C(=O)O)CCCS1. The molecule has 1 unspecified atom stereocenters. The van der Waals surface area contributed by atoms with Gasteiger partial charge >= 0.3 is 5.97 Å². The maximum absolute atomic E-state index is 11.0. The maximum atomic E-state index is 11.0. The van der Waals surface area contributed by atoms with Gasteiger partial charge in [0.25, 0.3) is 0 Å². The van der Waals surface area contributed by atoms with Crippen molar-refractivity contribution in [2.45, 2.75) is 30.9 Å². The lowest BCUT2D eigenvalue weighted by Gasteiger charge is -2.20. The van der Waals surface area contributed by atoms with Crippen molar-refractivity contribution in [3.05, 3.63) is 12.2 Å². The van der Waals surface area contributed by atoms with E-state index in [1.54, 1.807) is 11.8 Å². The first-order chi connectivity index (χ1) is 5.71. The molecule has 1 aliphatic heterocycles. The average Bonchev–Trinajstić information content (AvgIpc) is 2.50. The van der Waals surface area contributed by atoms with Gasteiger partial charge in [-0.05, 0) is 31.9 Å². The Hall–Kier alpha value is -0.440. The first kappa shape index (κ1) is 9.65. The van der Waals surface area contributed by atoms with Crippen LogP contribution in [0.4, 0.5) is 0 Å². The summed E-state index contributed by atoms with van der Waals surface area (Å²) in [6, 6.07) is 0. The van der Waals surface area contributed by atoms with E-state index in [9.17, 15) is 4.79 Å². The van der Waals surface area contributed by atoms with E-state index < -0.39 is 10.7 Å². The van der Waals surface area contributed by atoms with E-state index in [4.69, 9.17) is 5.11 Å². The van der Waals surface area contributed by atoms with E-state index >= 15 is 0 Å². The Morgan fingerprint density at radius 2 is 2.50 bits per heavy atom. The zero-order valence-electron chi connectivity index (χ0n) is 7.25. The van der Waals surface area contributed by atoms with Crippen LogP contribution >= 0.6 is 11.8 Å². The third-order valence-electron chi connectivity index (χ3n) is 2.18. The molecule has 0 spiro atoms. The van der Waals surface area contributed by atoms with Crippen LogP contribution in [0.1, 0.15) is 26.2 Å². The fraction of sp³-hybridized carbons (Fsp3) is 0.667. The molecule has 1 fully saturated rings. The number of allylic oxidation sites excluding steroid dienone is 2. The lowest BCUT2D eigenvalue weighted by molar-refractivity contribution is -0.139. The zero-order chi connectivity index (χ0) is 9.03. The Morgan fingerprint density at radius 3 is 2.92 bits per heavy atom. The molecule has 0 bridgehead atoms. The van der Waals surface area contributed by atoms with Gasteiger partial charge in [-0.25, -0.2) is 0 Å². The molecule has 0 aliphatic carbocycles. The van der Waals surface area contributed by atoms with Gasteiger partial charge < -0.3 is 5.11 Å². The molecule has 1 saturated heterocycles. The summed E-state index contributed by atoms with van der Waals surface area (Å²) in [5.41, 5.74) is 0. The molecule has 0 amide bonds. The van der Waals surface area contributed by atoms with Crippen LogP contribution in [0.3, 0.4) is 0 Å². The average molecular weight is 186 g/mol. The molecule has 12 heavy (non-hydrogen) atoms. The van der Waals surface area contributed by atoms with Crippen LogP contribution in [-0.4, -0.2) is 21.6 Å². The molecule has 1 atom stereocenters. The van der Waals surface area contributed by atoms with Crippen molar-refractivity contribution >= 4 is 17.7 Å². The Morgan fingerprint density at radius 1 is 1.75 bits per heavy atom. The van der Waals surface area contributed by atoms with Gasteiger partial charge in [0.05, 0.1) is 0 Å². The largest absolute Gasteiger partial charge is 0.480 e. The molecule has 68 valence electrons. The molecule has 3 heteroatoms. The predicted molar refractivity (Wildman–Crippen MR) is 51.5 cm³/mol. The van der Waals surface area contributed by atoms with Crippen LogP contribution in [0.25, 0.3) is 0 Å². The molecule has 0 aromatic heterocycles. The maximum Gasteiger partial charge on any atom is 0.320 e. The van der Waals surface area contributed by atoms with Crippen LogP contribution in [0.2, 0.25) is 0 Å². The Balaban J connectivity index is 2.65. The van der Waals surface area contributed by atoms with Gasteiger partial charge in [-0.15, -0.1) is 11.8 Å². The topological polar surface area (TPSA) is 37.3 Å². The lowest BCUT2D eigenvalue weighted by atomic mass is 9.99. The molecule has 1 N–H and O–H groups in total. The number of carbonyl (C=O) groups is 1. The summed E-state index contributed by atoms with van der Waals surface area (Å²) < 4.78 is -0.507. The molecule has 0 aromatic carbocycles. The second kappa shape index (κ2) is 3.99. The van der Waals surface area contributed by atoms with Crippen molar-refractivity contribution in [2.75, 3.05) is 5.75 Å². The highest BCUT2D eigenvalue weighted by atomic mass is 32.2. The standard InChI is InChI=1S/C9H14O2S/c1-2-3-5-9(8(10)11)6-4-7-12-9/h2-3H,4-7H2,1H3,(H,10,11)/b3-2+. The molecule has 1 aliphatic rings. The zero-order valence-corrected chi connectivity index (χ0v) is 8.06. The van der Waals surface area contributed by atoms with Crippen molar-refractivity contribution in [1.82, 2.24) is 0 Å². The number of carboxylic acids is 1. The van der Waals surface area contributed by atoms with Gasteiger partial charge in [0.2, 0.25) is 0 Å². The number of rotatable bonds is 3. The summed E-state index contributed by atoms with van der Waals surface area (Å²) in [5, 5.41) is 9.04. The van der Waals surface area contributed by atoms with E-state index in [0.717, 1.165) is 18.6 Å². The Labute approximate surface area is 77.0 Å². The van der Waals surface area contributed by atoms with Gasteiger partial charge in [0.1, 0.15) is 4.75 Å². The van der Waals surface area contributed by atoms with Gasteiger partial charge in [-0.1, -0.05) is 12.2 Å². The van der Waals surface area contributed by atoms with Crippen molar-refractivity contribution < 1.29 is 9.90 Å². The number of hydrogen-bond donors (Lipinski definition) is 1. The molecule has 0 saturated carbocycles. The fourth-order valence-corrected chi connectivity index (χ4v) is 2.73. The lowest BCUT2D eigenvalue weighted by Crippen LogP contribution is -2.31. The quantitative estimate of drug-likeness (QED) is 0.687. The van der Waals surface area contributed by atoms with Crippen molar-refractivity contribution in [1.29, 1.82) is 0 Å². The van der Waals surface area contributed by atoms with Crippen molar-refractivity contribution in [3.63, 3.8) is 0 Å². The highest BCUT2D eigenvalue weighted by Gasteiger charge is 2.40. The predicted octanol–water partition coefficient (Wildman–Crippen LogP) is 2.30. The minimum atomic E-state index is -0.650. The molecular weight excluding hydrogens is 172 g/mol. The smallest absolute Gasteiger partial charge is 0.320 e.